The van der Waals surface area contributed by atoms with Gasteiger partial charge in [-0.1, -0.05) is 12.1 Å². The van der Waals surface area contributed by atoms with Crippen LogP contribution in [0.2, 0.25) is 0 Å². The van der Waals surface area contributed by atoms with Crippen LogP contribution in [0.3, 0.4) is 0 Å². The first-order valence-electron chi connectivity index (χ1n) is 5.52. The van der Waals surface area contributed by atoms with Crippen LogP contribution >= 0.6 is 0 Å². The summed E-state index contributed by atoms with van der Waals surface area (Å²) in [5.74, 6) is 0.392. The summed E-state index contributed by atoms with van der Waals surface area (Å²) in [6.07, 6.45) is 1.09. The molecule has 0 spiro atoms. The lowest BCUT2D eigenvalue weighted by Crippen LogP contribution is -2.03. The number of rotatable bonds is 5. The van der Waals surface area contributed by atoms with Gasteiger partial charge in [-0.15, -0.1) is 0 Å². The van der Waals surface area contributed by atoms with Gasteiger partial charge < -0.3 is 14.6 Å². The maximum absolute atomic E-state index is 10.6. The van der Waals surface area contributed by atoms with Gasteiger partial charge in [0.15, 0.2) is 11.5 Å². The van der Waals surface area contributed by atoms with Crippen molar-refractivity contribution in [3.63, 3.8) is 0 Å². The van der Waals surface area contributed by atoms with Crippen LogP contribution < -0.4 is 9.47 Å². The van der Waals surface area contributed by atoms with Crippen LogP contribution in [-0.4, -0.2) is 28.2 Å². The number of carboxylic acid groups (broad SMARTS) is 1. The third kappa shape index (κ3) is 3.41. The van der Waals surface area contributed by atoms with E-state index in [-0.39, 0.29) is 12.3 Å². The van der Waals surface area contributed by atoms with Gasteiger partial charge in [-0.25, -0.2) is 9.97 Å². The quantitative estimate of drug-likeness (QED) is 0.884. The van der Waals surface area contributed by atoms with E-state index in [0.717, 1.165) is 0 Å². The second-order valence-corrected chi connectivity index (χ2v) is 3.67. The van der Waals surface area contributed by atoms with Crippen molar-refractivity contribution < 1.29 is 19.4 Å². The monoisotopic (exact) mass is 260 g/mol. The standard InChI is InChI=1S/C13H12N2O4/c1-18-10-4-2-3-5-11(10)19-12-6-9(7-13(16)17)14-8-15-12/h2-6,8H,7H2,1H3,(H,16,17). The number of aliphatic carboxylic acids is 1. The van der Waals surface area contributed by atoms with E-state index in [4.69, 9.17) is 14.6 Å². The predicted octanol–water partition coefficient (Wildman–Crippen LogP) is 1.90. The Balaban J connectivity index is 2.21. The lowest BCUT2D eigenvalue weighted by atomic mass is 10.3. The molecule has 98 valence electrons. The van der Waals surface area contributed by atoms with Crippen molar-refractivity contribution in [1.82, 2.24) is 9.97 Å². The van der Waals surface area contributed by atoms with E-state index in [1.807, 2.05) is 6.07 Å². The number of carboxylic acids is 1. The summed E-state index contributed by atoms with van der Waals surface area (Å²) < 4.78 is 10.7. The van der Waals surface area contributed by atoms with Crippen molar-refractivity contribution in [1.29, 1.82) is 0 Å². The highest BCUT2D eigenvalue weighted by molar-refractivity contribution is 5.69. The molecule has 0 saturated heterocycles. The summed E-state index contributed by atoms with van der Waals surface area (Å²) in [5, 5.41) is 8.71. The second kappa shape index (κ2) is 5.81. The zero-order valence-corrected chi connectivity index (χ0v) is 10.2. The fourth-order valence-corrected chi connectivity index (χ4v) is 1.50. The molecule has 1 heterocycles. The normalized spacial score (nSPS) is 9.95. The molecule has 2 rings (SSSR count). The van der Waals surface area contributed by atoms with Gasteiger partial charge in [0, 0.05) is 6.07 Å². The van der Waals surface area contributed by atoms with Crippen LogP contribution in [0.15, 0.2) is 36.7 Å². The average molecular weight is 260 g/mol. The van der Waals surface area contributed by atoms with Crippen molar-refractivity contribution >= 4 is 5.97 Å². The summed E-state index contributed by atoms with van der Waals surface area (Å²) in [6, 6.07) is 8.60. The van der Waals surface area contributed by atoms with Crippen molar-refractivity contribution in [2.24, 2.45) is 0 Å². The van der Waals surface area contributed by atoms with E-state index < -0.39 is 5.97 Å². The SMILES string of the molecule is COc1ccccc1Oc1cc(CC(=O)O)ncn1. The molecule has 0 bridgehead atoms. The highest BCUT2D eigenvalue weighted by Gasteiger charge is 2.08. The lowest BCUT2D eigenvalue weighted by Gasteiger charge is -2.09. The summed E-state index contributed by atoms with van der Waals surface area (Å²) in [6.45, 7) is 0. The number of hydrogen-bond acceptors (Lipinski definition) is 5. The Morgan fingerprint density at radius 2 is 2.00 bits per heavy atom. The molecule has 0 aliphatic carbocycles. The van der Waals surface area contributed by atoms with Crippen LogP contribution in [0.4, 0.5) is 0 Å². The zero-order valence-electron chi connectivity index (χ0n) is 10.2. The molecule has 0 aliphatic heterocycles. The number of benzene rings is 1. The molecule has 0 saturated carbocycles. The molecular weight excluding hydrogens is 248 g/mol. The first-order valence-corrected chi connectivity index (χ1v) is 5.52. The minimum atomic E-state index is -0.957. The Labute approximate surface area is 109 Å². The number of carbonyl (C=O) groups is 1. The maximum Gasteiger partial charge on any atom is 0.309 e. The maximum atomic E-state index is 10.6. The molecule has 0 fully saturated rings. The molecule has 0 atom stereocenters. The Kier molecular flexibility index (Phi) is 3.92. The number of para-hydroxylation sites is 2. The lowest BCUT2D eigenvalue weighted by molar-refractivity contribution is -0.136. The first kappa shape index (κ1) is 12.8. The van der Waals surface area contributed by atoms with Crippen molar-refractivity contribution in [2.75, 3.05) is 7.11 Å². The third-order valence-electron chi connectivity index (χ3n) is 2.31. The first-order chi connectivity index (χ1) is 9.19. The number of hydrogen-bond donors (Lipinski definition) is 1. The molecule has 6 heteroatoms. The molecule has 0 aliphatic rings. The molecule has 1 aromatic carbocycles. The molecule has 2 aromatic rings. The van der Waals surface area contributed by atoms with Gasteiger partial charge in [-0.3, -0.25) is 4.79 Å². The fraction of sp³-hybridized carbons (Fsp3) is 0.154. The molecule has 0 unspecified atom stereocenters. The average Bonchev–Trinajstić information content (AvgIpc) is 2.39. The van der Waals surface area contributed by atoms with Gasteiger partial charge in [0.25, 0.3) is 0 Å². The molecule has 1 aromatic heterocycles. The van der Waals surface area contributed by atoms with Crippen LogP contribution in [-0.2, 0) is 11.2 Å². The minimum Gasteiger partial charge on any atom is -0.493 e. The smallest absolute Gasteiger partial charge is 0.309 e. The number of aromatic nitrogens is 2. The van der Waals surface area contributed by atoms with Gasteiger partial charge >= 0.3 is 5.97 Å². The van der Waals surface area contributed by atoms with E-state index in [1.165, 1.54) is 19.5 Å². The summed E-state index contributed by atoms with van der Waals surface area (Å²) in [5.41, 5.74) is 0.382. The van der Waals surface area contributed by atoms with Gasteiger partial charge in [0.1, 0.15) is 6.33 Å². The predicted molar refractivity (Wildman–Crippen MR) is 66.4 cm³/mol. The zero-order chi connectivity index (χ0) is 13.7. The summed E-state index contributed by atoms with van der Waals surface area (Å²) in [4.78, 5) is 18.4. The van der Waals surface area contributed by atoms with Gasteiger partial charge in [-0.2, -0.15) is 0 Å². The Bertz CT molecular complexity index is 586. The summed E-state index contributed by atoms with van der Waals surface area (Å²) >= 11 is 0. The third-order valence-corrected chi connectivity index (χ3v) is 2.31. The van der Waals surface area contributed by atoms with Crippen molar-refractivity contribution in [3.8, 4) is 17.4 Å². The van der Waals surface area contributed by atoms with Gasteiger partial charge in [-0.05, 0) is 12.1 Å². The second-order valence-electron chi connectivity index (χ2n) is 3.67. The molecule has 1 N–H and O–H groups in total. The molecule has 0 radical (unpaired) electrons. The van der Waals surface area contributed by atoms with Crippen LogP contribution in [0, 0.1) is 0 Å². The molecule has 19 heavy (non-hydrogen) atoms. The largest absolute Gasteiger partial charge is 0.493 e. The highest BCUT2D eigenvalue weighted by Crippen LogP contribution is 2.29. The van der Waals surface area contributed by atoms with Gasteiger partial charge in [0.2, 0.25) is 5.88 Å². The molecular formula is C13H12N2O4. The van der Waals surface area contributed by atoms with E-state index in [1.54, 1.807) is 18.2 Å². The Morgan fingerprint density at radius 1 is 1.26 bits per heavy atom. The fourth-order valence-electron chi connectivity index (χ4n) is 1.50. The van der Waals surface area contributed by atoms with E-state index >= 15 is 0 Å². The van der Waals surface area contributed by atoms with Crippen LogP contribution in [0.25, 0.3) is 0 Å². The number of nitrogens with zero attached hydrogens (tertiary/aromatic N) is 2. The van der Waals surface area contributed by atoms with Gasteiger partial charge in [0.05, 0.1) is 19.2 Å². The molecule has 6 nitrogen and oxygen atoms in total. The number of methoxy groups -OCH3 is 1. The molecule has 0 amide bonds. The Morgan fingerprint density at radius 3 is 2.68 bits per heavy atom. The van der Waals surface area contributed by atoms with E-state index in [9.17, 15) is 4.79 Å². The Hall–Kier alpha value is -2.63. The van der Waals surface area contributed by atoms with Crippen LogP contribution in [0.5, 0.6) is 17.4 Å². The van der Waals surface area contributed by atoms with Crippen LogP contribution in [0.1, 0.15) is 5.69 Å². The van der Waals surface area contributed by atoms with Crippen molar-refractivity contribution in [3.05, 3.63) is 42.4 Å². The highest BCUT2D eigenvalue weighted by atomic mass is 16.5. The minimum absolute atomic E-state index is 0.176. The number of ether oxygens (including phenoxy) is 2. The van der Waals surface area contributed by atoms with Crippen molar-refractivity contribution in [2.45, 2.75) is 6.42 Å². The van der Waals surface area contributed by atoms with E-state index in [2.05, 4.69) is 9.97 Å². The topological polar surface area (TPSA) is 81.5 Å². The summed E-state index contributed by atoms with van der Waals surface area (Å²) in [7, 11) is 1.54. The van der Waals surface area contributed by atoms with E-state index in [0.29, 0.717) is 17.2 Å².